The van der Waals surface area contributed by atoms with Crippen LogP contribution in [0.3, 0.4) is 0 Å². The standard InChI is InChI=1S/C16H22O/c1-6-13(5)10-14-8-9-16(17-7-2)15(11-14)12(3)4/h1,8-9,11-13H,7,10H2,2-5H3. The van der Waals surface area contributed by atoms with Crippen LogP contribution in [-0.4, -0.2) is 6.61 Å². The predicted molar refractivity (Wildman–Crippen MR) is 73.4 cm³/mol. The zero-order chi connectivity index (χ0) is 12.8. The van der Waals surface area contributed by atoms with Gasteiger partial charge in [-0.05, 0) is 36.5 Å². The highest BCUT2D eigenvalue weighted by atomic mass is 16.5. The highest BCUT2D eigenvalue weighted by Crippen LogP contribution is 2.28. The fourth-order valence-electron chi connectivity index (χ4n) is 1.88. The molecule has 92 valence electrons. The Balaban J connectivity index is 2.97. The Labute approximate surface area is 105 Å². The van der Waals surface area contributed by atoms with E-state index in [1.54, 1.807) is 0 Å². The minimum atomic E-state index is 0.285. The van der Waals surface area contributed by atoms with Crippen molar-refractivity contribution in [1.29, 1.82) is 0 Å². The molecule has 0 saturated carbocycles. The van der Waals surface area contributed by atoms with Gasteiger partial charge >= 0.3 is 0 Å². The van der Waals surface area contributed by atoms with Gasteiger partial charge in [-0.2, -0.15) is 0 Å². The lowest BCUT2D eigenvalue weighted by atomic mass is 9.95. The molecule has 0 radical (unpaired) electrons. The van der Waals surface area contributed by atoms with Crippen LogP contribution in [0.5, 0.6) is 5.75 Å². The predicted octanol–water partition coefficient (Wildman–Crippen LogP) is 4.02. The van der Waals surface area contributed by atoms with Crippen LogP contribution in [-0.2, 0) is 6.42 Å². The molecule has 0 amide bonds. The van der Waals surface area contributed by atoms with E-state index in [9.17, 15) is 0 Å². The fourth-order valence-corrected chi connectivity index (χ4v) is 1.88. The molecule has 0 saturated heterocycles. The molecule has 0 aliphatic heterocycles. The maximum Gasteiger partial charge on any atom is 0.122 e. The lowest BCUT2D eigenvalue weighted by molar-refractivity contribution is 0.335. The van der Waals surface area contributed by atoms with Gasteiger partial charge in [0.15, 0.2) is 0 Å². The minimum Gasteiger partial charge on any atom is -0.494 e. The molecule has 1 rings (SSSR count). The molecule has 0 aliphatic rings. The van der Waals surface area contributed by atoms with Crippen molar-refractivity contribution in [2.24, 2.45) is 5.92 Å². The molecule has 17 heavy (non-hydrogen) atoms. The molecular formula is C16H22O. The summed E-state index contributed by atoms with van der Waals surface area (Å²) < 4.78 is 5.64. The van der Waals surface area contributed by atoms with Crippen molar-refractivity contribution < 1.29 is 4.74 Å². The van der Waals surface area contributed by atoms with Crippen molar-refractivity contribution in [1.82, 2.24) is 0 Å². The van der Waals surface area contributed by atoms with Gasteiger partial charge in [0.2, 0.25) is 0 Å². The Morgan fingerprint density at radius 1 is 1.29 bits per heavy atom. The highest BCUT2D eigenvalue weighted by Gasteiger charge is 2.09. The van der Waals surface area contributed by atoms with E-state index in [1.807, 2.05) is 6.92 Å². The molecule has 1 heteroatoms. The Morgan fingerprint density at radius 3 is 2.53 bits per heavy atom. The van der Waals surface area contributed by atoms with Crippen LogP contribution in [0.4, 0.5) is 0 Å². The summed E-state index contributed by atoms with van der Waals surface area (Å²) in [5.74, 6) is 4.53. The third kappa shape index (κ3) is 3.82. The largest absolute Gasteiger partial charge is 0.494 e. The second-order valence-corrected chi connectivity index (χ2v) is 4.73. The molecule has 0 fully saturated rings. The first kappa shape index (κ1) is 13.6. The fraction of sp³-hybridized carbons (Fsp3) is 0.500. The second kappa shape index (κ2) is 6.35. The third-order valence-corrected chi connectivity index (χ3v) is 2.82. The van der Waals surface area contributed by atoms with E-state index in [0.29, 0.717) is 12.5 Å². The first-order valence-electron chi connectivity index (χ1n) is 6.30. The summed E-state index contributed by atoms with van der Waals surface area (Å²) in [6.07, 6.45) is 6.35. The number of hydrogen-bond acceptors (Lipinski definition) is 1. The first-order valence-corrected chi connectivity index (χ1v) is 6.30. The Bertz CT molecular complexity index is 398. The van der Waals surface area contributed by atoms with Gasteiger partial charge in [0.25, 0.3) is 0 Å². The average Bonchev–Trinajstić information content (AvgIpc) is 2.31. The van der Waals surface area contributed by atoms with Gasteiger partial charge in [0.05, 0.1) is 6.61 Å². The second-order valence-electron chi connectivity index (χ2n) is 4.73. The Morgan fingerprint density at radius 2 is 2.00 bits per heavy atom. The van der Waals surface area contributed by atoms with Crippen LogP contribution in [0.1, 0.15) is 44.7 Å². The van der Waals surface area contributed by atoms with E-state index in [0.717, 1.165) is 12.2 Å². The van der Waals surface area contributed by atoms with Crippen LogP contribution < -0.4 is 4.74 Å². The van der Waals surface area contributed by atoms with Gasteiger partial charge in [0.1, 0.15) is 5.75 Å². The van der Waals surface area contributed by atoms with E-state index < -0.39 is 0 Å². The third-order valence-electron chi connectivity index (χ3n) is 2.82. The zero-order valence-electron chi connectivity index (χ0n) is 11.3. The summed E-state index contributed by atoms with van der Waals surface area (Å²) in [4.78, 5) is 0. The molecule has 0 heterocycles. The quantitative estimate of drug-likeness (QED) is 0.694. The molecule has 1 unspecified atom stereocenters. The van der Waals surface area contributed by atoms with Crippen LogP contribution in [0, 0.1) is 18.3 Å². The summed E-state index contributed by atoms with van der Waals surface area (Å²) >= 11 is 0. The van der Waals surface area contributed by atoms with E-state index in [1.165, 1.54) is 11.1 Å². The smallest absolute Gasteiger partial charge is 0.122 e. The number of rotatable bonds is 5. The molecular weight excluding hydrogens is 208 g/mol. The minimum absolute atomic E-state index is 0.285. The SMILES string of the molecule is C#CC(C)Cc1ccc(OCC)c(C(C)C)c1. The van der Waals surface area contributed by atoms with Gasteiger partial charge in [-0.3, -0.25) is 0 Å². The molecule has 0 spiro atoms. The van der Waals surface area contributed by atoms with Crippen LogP contribution in [0.2, 0.25) is 0 Å². The topological polar surface area (TPSA) is 9.23 Å². The number of benzene rings is 1. The van der Waals surface area contributed by atoms with Gasteiger partial charge in [0, 0.05) is 5.92 Å². The van der Waals surface area contributed by atoms with E-state index in [2.05, 4.69) is 44.9 Å². The molecule has 1 aromatic carbocycles. The number of terminal acetylenes is 1. The summed E-state index contributed by atoms with van der Waals surface area (Å²) in [6.45, 7) is 9.17. The van der Waals surface area contributed by atoms with Gasteiger partial charge < -0.3 is 4.74 Å². The molecule has 0 bridgehead atoms. The molecule has 0 aromatic heterocycles. The molecule has 1 nitrogen and oxygen atoms in total. The zero-order valence-corrected chi connectivity index (χ0v) is 11.3. The van der Waals surface area contributed by atoms with E-state index in [-0.39, 0.29) is 5.92 Å². The highest BCUT2D eigenvalue weighted by molar-refractivity contribution is 5.39. The summed E-state index contributed by atoms with van der Waals surface area (Å²) in [5, 5.41) is 0. The maximum atomic E-state index is 5.64. The van der Waals surface area contributed by atoms with Crippen molar-refractivity contribution in [3.8, 4) is 18.1 Å². The molecule has 0 aliphatic carbocycles. The van der Waals surface area contributed by atoms with Gasteiger partial charge in [-0.1, -0.05) is 32.9 Å². The lowest BCUT2D eigenvalue weighted by Crippen LogP contribution is -2.02. The number of ether oxygens (including phenoxy) is 1. The lowest BCUT2D eigenvalue weighted by Gasteiger charge is -2.15. The first-order chi connectivity index (χ1) is 8.08. The summed E-state index contributed by atoms with van der Waals surface area (Å²) in [7, 11) is 0. The van der Waals surface area contributed by atoms with Crippen molar-refractivity contribution in [3.05, 3.63) is 29.3 Å². The van der Waals surface area contributed by atoms with Crippen LogP contribution in [0.25, 0.3) is 0 Å². The van der Waals surface area contributed by atoms with Gasteiger partial charge in [-0.15, -0.1) is 12.3 Å². The molecule has 1 atom stereocenters. The Hall–Kier alpha value is -1.42. The van der Waals surface area contributed by atoms with Crippen molar-refractivity contribution in [3.63, 3.8) is 0 Å². The molecule has 0 N–H and O–H groups in total. The monoisotopic (exact) mass is 230 g/mol. The van der Waals surface area contributed by atoms with Crippen LogP contribution in [0.15, 0.2) is 18.2 Å². The average molecular weight is 230 g/mol. The van der Waals surface area contributed by atoms with E-state index >= 15 is 0 Å². The molecule has 1 aromatic rings. The van der Waals surface area contributed by atoms with Crippen molar-refractivity contribution >= 4 is 0 Å². The normalized spacial score (nSPS) is 12.2. The van der Waals surface area contributed by atoms with Crippen molar-refractivity contribution in [2.45, 2.75) is 40.0 Å². The Kier molecular flexibility index (Phi) is 5.10. The van der Waals surface area contributed by atoms with Gasteiger partial charge in [-0.25, -0.2) is 0 Å². The van der Waals surface area contributed by atoms with E-state index in [4.69, 9.17) is 11.2 Å². The van der Waals surface area contributed by atoms with Crippen molar-refractivity contribution in [2.75, 3.05) is 6.61 Å². The summed E-state index contributed by atoms with van der Waals surface area (Å²) in [6, 6.07) is 6.41. The maximum absolute atomic E-state index is 5.64. The number of hydrogen-bond donors (Lipinski definition) is 0. The van der Waals surface area contributed by atoms with Crippen LogP contribution >= 0.6 is 0 Å². The summed E-state index contributed by atoms with van der Waals surface area (Å²) in [5.41, 5.74) is 2.57.